The summed E-state index contributed by atoms with van der Waals surface area (Å²) in [5, 5.41) is 27.4. The molecule has 0 radical (unpaired) electrons. The summed E-state index contributed by atoms with van der Waals surface area (Å²) in [5.74, 6) is 2.26. The Labute approximate surface area is 211 Å². The zero-order valence-electron chi connectivity index (χ0n) is 20.4. The van der Waals surface area contributed by atoms with Crippen LogP contribution in [0.25, 0.3) is 0 Å². The zero-order chi connectivity index (χ0) is 25.2. The third-order valence-electron chi connectivity index (χ3n) is 6.16. The van der Waals surface area contributed by atoms with Crippen molar-refractivity contribution >= 4 is 0 Å². The fraction of sp³-hybridized carbons (Fsp3) is 0.462. The minimum atomic E-state index is -0.878. The van der Waals surface area contributed by atoms with E-state index in [0.717, 1.165) is 31.6 Å². The number of rotatable bonds is 13. The maximum absolute atomic E-state index is 11.0. The van der Waals surface area contributed by atoms with Gasteiger partial charge in [-0.05, 0) is 67.7 Å². The molecule has 1 unspecified atom stereocenters. The molecule has 1 fully saturated rings. The Bertz CT molecular complexity index is 1040. The Morgan fingerprint density at radius 2 is 1.97 bits per heavy atom. The number of aliphatic hydroxyl groups is 1. The van der Waals surface area contributed by atoms with E-state index < -0.39 is 11.0 Å². The Morgan fingerprint density at radius 1 is 1.14 bits per heavy atom. The van der Waals surface area contributed by atoms with Gasteiger partial charge in [-0.25, -0.2) is 0 Å². The largest absolute Gasteiger partial charge is 0.494 e. The van der Waals surface area contributed by atoms with Crippen LogP contribution in [0.15, 0.2) is 54.5 Å². The van der Waals surface area contributed by atoms with Gasteiger partial charge in [-0.3, -0.25) is 15.0 Å². The zero-order valence-corrected chi connectivity index (χ0v) is 20.4. The van der Waals surface area contributed by atoms with Crippen molar-refractivity contribution in [3.8, 4) is 17.2 Å². The van der Waals surface area contributed by atoms with E-state index in [9.17, 15) is 15.2 Å². The van der Waals surface area contributed by atoms with Gasteiger partial charge in [0.15, 0.2) is 17.3 Å². The van der Waals surface area contributed by atoms with E-state index in [1.54, 1.807) is 18.2 Å². The van der Waals surface area contributed by atoms with Crippen LogP contribution in [0.3, 0.4) is 0 Å². The second-order valence-corrected chi connectivity index (χ2v) is 8.95. The van der Waals surface area contributed by atoms with Gasteiger partial charge in [-0.2, -0.15) is 0 Å². The predicted molar refractivity (Wildman–Crippen MR) is 134 cm³/mol. The molecule has 1 atom stereocenters. The summed E-state index contributed by atoms with van der Waals surface area (Å²) in [6.45, 7) is 4.44. The topological polar surface area (TPSA) is 118 Å². The first-order valence-electron chi connectivity index (χ1n) is 12.4. The maximum atomic E-state index is 11.0. The standard InChI is InChI=1S/C26H34N4O6/c31-23(21-8-9-24-25(15-21)36-19-35-24)16-28-26(18-30(32)33)27-10-5-13-34-22-7-4-6-20(14-22)17-29-11-2-1-3-12-29/h4,6-9,14-15,18,23,27-28,31H,1-3,5,10-13,16-17,19H2/b26-18+. The molecule has 36 heavy (non-hydrogen) atoms. The van der Waals surface area contributed by atoms with Crippen molar-refractivity contribution in [3.63, 3.8) is 0 Å². The SMILES string of the molecule is O=[N+]([O-])/C=C(\NCCCOc1cccc(CN2CCCCC2)c1)NCC(O)c1ccc2c(c1)OCO2. The average Bonchev–Trinajstić information content (AvgIpc) is 3.35. The van der Waals surface area contributed by atoms with Gasteiger partial charge in [0.2, 0.25) is 6.79 Å². The summed E-state index contributed by atoms with van der Waals surface area (Å²) in [5.41, 5.74) is 1.87. The van der Waals surface area contributed by atoms with Crippen LogP contribution in [0, 0.1) is 10.1 Å². The van der Waals surface area contributed by atoms with Crippen LogP contribution < -0.4 is 24.8 Å². The molecule has 10 heteroatoms. The molecule has 0 spiro atoms. The molecule has 10 nitrogen and oxygen atoms in total. The fourth-order valence-corrected chi connectivity index (χ4v) is 4.30. The van der Waals surface area contributed by atoms with Crippen molar-refractivity contribution in [2.75, 3.05) is 39.6 Å². The number of nitro groups is 1. The Kier molecular flexibility index (Phi) is 9.23. The van der Waals surface area contributed by atoms with Crippen LogP contribution in [0.1, 0.15) is 42.9 Å². The Morgan fingerprint density at radius 3 is 2.81 bits per heavy atom. The summed E-state index contributed by atoms with van der Waals surface area (Å²) < 4.78 is 16.5. The number of nitrogens with one attached hydrogen (secondary N) is 2. The summed E-state index contributed by atoms with van der Waals surface area (Å²) >= 11 is 0. The molecule has 0 saturated carbocycles. The lowest BCUT2D eigenvalue weighted by molar-refractivity contribution is -0.404. The molecule has 4 rings (SSSR count). The normalized spacial score (nSPS) is 16.4. The van der Waals surface area contributed by atoms with Crippen molar-refractivity contribution in [3.05, 3.63) is 75.7 Å². The van der Waals surface area contributed by atoms with Gasteiger partial charge >= 0.3 is 0 Å². The molecule has 2 aromatic rings. The van der Waals surface area contributed by atoms with Gasteiger partial charge in [0.1, 0.15) is 5.75 Å². The molecule has 1 saturated heterocycles. The van der Waals surface area contributed by atoms with Crippen LogP contribution in [0.4, 0.5) is 0 Å². The molecule has 0 aliphatic carbocycles. The molecular formula is C26H34N4O6. The predicted octanol–water partition coefficient (Wildman–Crippen LogP) is 3.16. The molecule has 2 aromatic carbocycles. The first-order valence-corrected chi connectivity index (χ1v) is 12.4. The van der Waals surface area contributed by atoms with Crippen LogP contribution >= 0.6 is 0 Å². The Balaban J connectivity index is 1.19. The number of fused-ring (bicyclic) bond motifs is 1. The van der Waals surface area contributed by atoms with Crippen LogP contribution in [0.2, 0.25) is 0 Å². The number of hydrogen-bond donors (Lipinski definition) is 3. The molecule has 2 aliphatic heterocycles. The summed E-state index contributed by atoms with van der Waals surface area (Å²) in [6.07, 6.45) is 4.49. The number of likely N-dealkylation sites (tertiary alicyclic amines) is 1. The number of aliphatic hydroxyl groups excluding tert-OH is 1. The molecule has 194 valence electrons. The minimum absolute atomic E-state index is 0.0899. The van der Waals surface area contributed by atoms with Crippen LogP contribution in [-0.2, 0) is 6.54 Å². The summed E-state index contributed by atoms with van der Waals surface area (Å²) in [6, 6.07) is 13.3. The molecule has 0 amide bonds. The van der Waals surface area contributed by atoms with E-state index >= 15 is 0 Å². The highest BCUT2D eigenvalue weighted by molar-refractivity contribution is 5.45. The van der Waals surface area contributed by atoms with E-state index in [1.807, 2.05) is 12.1 Å². The fourth-order valence-electron chi connectivity index (χ4n) is 4.30. The van der Waals surface area contributed by atoms with Gasteiger partial charge in [-0.15, -0.1) is 0 Å². The van der Waals surface area contributed by atoms with Gasteiger partial charge in [0.05, 0.1) is 17.6 Å². The summed E-state index contributed by atoms with van der Waals surface area (Å²) in [7, 11) is 0. The Hall–Kier alpha value is -3.50. The van der Waals surface area contributed by atoms with Crippen molar-refractivity contribution in [2.45, 2.75) is 38.3 Å². The van der Waals surface area contributed by atoms with E-state index in [4.69, 9.17) is 14.2 Å². The van der Waals surface area contributed by atoms with E-state index in [-0.39, 0.29) is 19.2 Å². The number of nitrogens with zero attached hydrogens (tertiary/aromatic N) is 2. The van der Waals surface area contributed by atoms with Crippen LogP contribution in [0.5, 0.6) is 17.2 Å². The molecular weight excluding hydrogens is 464 g/mol. The van der Waals surface area contributed by atoms with E-state index in [0.29, 0.717) is 36.6 Å². The van der Waals surface area contributed by atoms with Crippen molar-refractivity contribution in [1.29, 1.82) is 0 Å². The van der Waals surface area contributed by atoms with Gasteiger partial charge in [-0.1, -0.05) is 24.6 Å². The molecule has 3 N–H and O–H groups in total. The summed E-state index contributed by atoms with van der Waals surface area (Å²) in [4.78, 5) is 13.0. The smallest absolute Gasteiger partial charge is 0.274 e. The maximum Gasteiger partial charge on any atom is 0.274 e. The lowest BCUT2D eigenvalue weighted by atomic mass is 10.1. The lowest BCUT2D eigenvalue weighted by Gasteiger charge is -2.26. The highest BCUT2D eigenvalue weighted by atomic mass is 16.7. The number of benzene rings is 2. The van der Waals surface area contributed by atoms with E-state index in [2.05, 4.69) is 27.7 Å². The number of ether oxygens (including phenoxy) is 3. The van der Waals surface area contributed by atoms with Crippen LogP contribution in [-0.4, -0.2) is 54.5 Å². The number of piperidine rings is 1. The van der Waals surface area contributed by atoms with Gasteiger partial charge < -0.3 is 30.0 Å². The molecule has 0 bridgehead atoms. The molecule has 2 aliphatic rings. The number of hydrogen-bond acceptors (Lipinski definition) is 9. The van der Waals surface area contributed by atoms with Crippen molar-refractivity contribution in [2.24, 2.45) is 0 Å². The average molecular weight is 499 g/mol. The minimum Gasteiger partial charge on any atom is -0.494 e. The third-order valence-corrected chi connectivity index (χ3v) is 6.16. The highest BCUT2D eigenvalue weighted by Gasteiger charge is 2.17. The third kappa shape index (κ3) is 7.76. The molecule has 0 aromatic heterocycles. The van der Waals surface area contributed by atoms with Crippen molar-refractivity contribution in [1.82, 2.24) is 15.5 Å². The quantitative estimate of drug-likeness (QED) is 0.217. The molecule has 2 heterocycles. The van der Waals surface area contributed by atoms with Gasteiger partial charge in [0.25, 0.3) is 6.20 Å². The highest BCUT2D eigenvalue weighted by Crippen LogP contribution is 2.34. The van der Waals surface area contributed by atoms with Gasteiger partial charge in [0, 0.05) is 19.6 Å². The second kappa shape index (κ2) is 13.0. The first-order chi connectivity index (χ1) is 17.6. The lowest BCUT2D eigenvalue weighted by Crippen LogP contribution is -2.31. The second-order valence-electron chi connectivity index (χ2n) is 8.95. The van der Waals surface area contributed by atoms with Crippen molar-refractivity contribution < 1.29 is 24.2 Å². The van der Waals surface area contributed by atoms with E-state index in [1.165, 1.54) is 24.8 Å². The first kappa shape index (κ1) is 25.6. The monoisotopic (exact) mass is 498 g/mol.